The summed E-state index contributed by atoms with van der Waals surface area (Å²) in [5.41, 5.74) is 2.06. The summed E-state index contributed by atoms with van der Waals surface area (Å²) < 4.78 is 12.3. The third kappa shape index (κ3) is 4.35. The summed E-state index contributed by atoms with van der Waals surface area (Å²) in [6.45, 7) is 0. The van der Waals surface area contributed by atoms with Crippen molar-refractivity contribution in [2.24, 2.45) is 0 Å². The van der Waals surface area contributed by atoms with Crippen molar-refractivity contribution in [1.82, 2.24) is 0 Å². The van der Waals surface area contributed by atoms with Gasteiger partial charge in [0.15, 0.2) is 0 Å². The molecular weight excluding hydrogens is 384 g/mol. The highest BCUT2D eigenvalue weighted by molar-refractivity contribution is 6.32. The molecular formula is C21H18Cl2FN3. The van der Waals surface area contributed by atoms with Crippen LogP contribution in [0.3, 0.4) is 0 Å². The number of piperidine rings is 1. The first-order valence-corrected chi connectivity index (χ1v) is 9.62. The van der Waals surface area contributed by atoms with Crippen molar-refractivity contribution in [3.8, 4) is 12.1 Å². The van der Waals surface area contributed by atoms with E-state index >= 15 is 0 Å². The number of nitriles is 2. The normalized spacial score (nSPS) is 20.3. The Labute approximate surface area is 168 Å². The molecule has 0 radical (unpaired) electrons. The van der Waals surface area contributed by atoms with Crippen LogP contribution < -0.4 is 4.90 Å². The minimum Gasteiger partial charge on any atom is -0.366 e. The molecule has 0 spiro atoms. The molecule has 2 aromatic carbocycles. The molecule has 2 heterocycles. The van der Waals surface area contributed by atoms with Gasteiger partial charge in [-0.05, 0) is 68.5 Å². The monoisotopic (exact) mass is 401 g/mol. The SMILES string of the molecule is N#Cc1ccc(F)cc1Cl.N#Cc1ccc(N2C3CCCC2CC3)cc1Cl. The van der Waals surface area contributed by atoms with E-state index in [0.717, 1.165) is 6.07 Å². The van der Waals surface area contributed by atoms with Crippen molar-refractivity contribution in [1.29, 1.82) is 10.5 Å². The minimum atomic E-state index is -0.427. The number of nitrogens with zero attached hydrogens (tertiary/aromatic N) is 3. The summed E-state index contributed by atoms with van der Waals surface area (Å²) in [5.74, 6) is -0.427. The molecule has 2 aliphatic heterocycles. The number of benzene rings is 2. The fourth-order valence-electron chi connectivity index (χ4n) is 3.87. The number of halogens is 3. The zero-order valence-electron chi connectivity index (χ0n) is 14.6. The first kappa shape index (κ1) is 19.5. The Morgan fingerprint density at radius 1 is 0.852 bits per heavy atom. The van der Waals surface area contributed by atoms with Crippen LogP contribution in [0.4, 0.5) is 10.1 Å². The van der Waals surface area contributed by atoms with Gasteiger partial charge in [-0.1, -0.05) is 23.2 Å². The lowest BCUT2D eigenvalue weighted by atomic mass is 10.0. The minimum absolute atomic E-state index is 0.155. The number of hydrogen-bond donors (Lipinski definition) is 0. The van der Waals surface area contributed by atoms with Gasteiger partial charge in [-0.25, -0.2) is 4.39 Å². The van der Waals surface area contributed by atoms with E-state index in [9.17, 15) is 4.39 Å². The number of fused-ring (bicyclic) bond motifs is 2. The molecule has 0 saturated carbocycles. The third-order valence-electron chi connectivity index (χ3n) is 5.12. The van der Waals surface area contributed by atoms with E-state index < -0.39 is 5.82 Å². The largest absolute Gasteiger partial charge is 0.366 e. The second kappa shape index (κ2) is 8.61. The predicted octanol–water partition coefficient (Wildman–Crippen LogP) is 6.08. The van der Waals surface area contributed by atoms with E-state index in [1.54, 1.807) is 0 Å². The van der Waals surface area contributed by atoms with Gasteiger partial charge in [0.2, 0.25) is 0 Å². The molecule has 0 amide bonds. The highest BCUT2D eigenvalue weighted by Crippen LogP contribution is 2.40. The van der Waals surface area contributed by atoms with E-state index in [-0.39, 0.29) is 5.02 Å². The molecule has 27 heavy (non-hydrogen) atoms. The molecule has 3 nitrogen and oxygen atoms in total. The Morgan fingerprint density at radius 3 is 1.93 bits per heavy atom. The standard InChI is InChI=1S/C14H15ClN2.C7H3ClFN/c15-14-8-13(5-4-10(14)9-16)17-11-2-1-3-12(17)7-6-11;8-7-3-6(9)2-1-5(7)4-10/h4-5,8,11-12H,1-3,6-7H2;1-3H. The summed E-state index contributed by atoms with van der Waals surface area (Å²) in [6.07, 6.45) is 6.57. The molecule has 2 atom stereocenters. The molecule has 0 aromatic heterocycles. The van der Waals surface area contributed by atoms with Crippen molar-refractivity contribution < 1.29 is 4.39 Å². The topological polar surface area (TPSA) is 50.8 Å². The summed E-state index contributed by atoms with van der Waals surface area (Å²) in [7, 11) is 0. The molecule has 0 aliphatic carbocycles. The lowest BCUT2D eigenvalue weighted by Gasteiger charge is -2.37. The molecule has 2 aromatic rings. The van der Waals surface area contributed by atoms with E-state index in [2.05, 4.69) is 11.0 Å². The van der Waals surface area contributed by atoms with Gasteiger partial charge < -0.3 is 4.90 Å². The van der Waals surface area contributed by atoms with Crippen molar-refractivity contribution in [2.45, 2.75) is 44.2 Å². The Kier molecular flexibility index (Phi) is 6.22. The Hall–Kier alpha value is -2.27. The maximum atomic E-state index is 12.3. The summed E-state index contributed by atoms with van der Waals surface area (Å²) in [5, 5.41) is 18.0. The van der Waals surface area contributed by atoms with Crippen LogP contribution in [0.2, 0.25) is 10.0 Å². The fourth-order valence-corrected chi connectivity index (χ4v) is 4.30. The molecule has 6 heteroatoms. The Morgan fingerprint density at radius 2 is 1.41 bits per heavy atom. The molecule has 2 saturated heterocycles. The summed E-state index contributed by atoms with van der Waals surface area (Å²) in [4.78, 5) is 2.52. The summed E-state index contributed by atoms with van der Waals surface area (Å²) >= 11 is 11.6. The second-order valence-electron chi connectivity index (χ2n) is 6.74. The molecule has 0 N–H and O–H groups in total. The smallest absolute Gasteiger partial charge is 0.124 e. The highest BCUT2D eigenvalue weighted by atomic mass is 35.5. The second-order valence-corrected chi connectivity index (χ2v) is 7.55. The van der Waals surface area contributed by atoms with Crippen LogP contribution in [-0.2, 0) is 0 Å². The number of anilines is 1. The van der Waals surface area contributed by atoms with Gasteiger partial charge in [0.05, 0.1) is 21.2 Å². The first-order chi connectivity index (χ1) is 13.0. The molecule has 2 aliphatic rings. The van der Waals surface area contributed by atoms with Crippen LogP contribution in [0.15, 0.2) is 36.4 Å². The maximum Gasteiger partial charge on any atom is 0.124 e. The van der Waals surface area contributed by atoms with Crippen molar-refractivity contribution >= 4 is 28.9 Å². The molecule has 4 rings (SSSR count). The van der Waals surface area contributed by atoms with E-state index in [1.165, 1.54) is 49.9 Å². The maximum absolute atomic E-state index is 12.3. The predicted molar refractivity (Wildman–Crippen MR) is 105 cm³/mol. The average Bonchev–Trinajstić information content (AvgIpc) is 2.91. The molecule has 138 valence electrons. The summed E-state index contributed by atoms with van der Waals surface area (Å²) in [6, 6.07) is 14.8. The molecule has 2 unspecified atom stereocenters. The van der Waals surface area contributed by atoms with E-state index in [4.69, 9.17) is 33.7 Å². The Bertz CT molecular complexity index is 901. The zero-order chi connectivity index (χ0) is 19.4. The van der Waals surface area contributed by atoms with Gasteiger partial charge in [0, 0.05) is 17.8 Å². The van der Waals surface area contributed by atoms with Crippen LogP contribution in [0.1, 0.15) is 43.2 Å². The quantitative estimate of drug-likeness (QED) is 0.581. The van der Waals surface area contributed by atoms with E-state index in [0.29, 0.717) is 28.2 Å². The number of rotatable bonds is 1. The van der Waals surface area contributed by atoms with Crippen molar-refractivity contribution in [3.05, 3.63) is 63.4 Å². The highest BCUT2D eigenvalue weighted by Gasteiger charge is 2.36. The average molecular weight is 402 g/mol. The van der Waals surface area contributed by atoms with E-state index in [1.807, 2.05) is 24.3 Å². The zero-order valence-corrected chi connectivity index (χ0v) is 16.1. The van der Waals surface area contributed by atoms with Gasteiger partial charge in [-0.3, -0.25) is 0 Å². The van der Waals surface area contributed by atoms with Gasteiger partial charge in [-0.15, -0.1) is 0 Å². The van der Waals surface area contributed by atoms with Crippen molar-refractivity contribution in [2.75, 3.05) is 4.90 Å². The van der Waals surface area contributed by atoms with Crippen LogP contribution >= 0.6 is 23.2 Å². The van der Waals surface area contributed by atoms with Gasteiger partial charge in [-0.2, -0.15) is 10.5 Å². The van der Waals surface area contributed by atoms with Crippen LogP contribution in [0.5, 0.6) is 0 Å². The van der Waals surface area contributed by atoms with Gasteiger partial charge in [0.25, 0.3) is 0 Å². The molecule has 2 bridgehead atoms. The Balaban J connectivity index is 0.000000180. The van der Waals surface area contributed by atoms with Crippen LogP contribution in [0, 0.1) is 28.5 Å². The third-order valence-corrected chi connectivity index (χ3v) is 5.74. The van der Waals surface area contributed by atoms with Crippen LogP contribution in [0.25, 0.3) is 0 Å². The lowest BCUT2D eigenvalue weighted by Crippen LogP contribution is -2.39. The first-order valence-electron chi connectivity index (χ1n) is 8.86. The fraction of sp³-hybridized carbons (Fsp3) is 0.333. The number of hydrogen-bond acceptors (Lipinski definition) is 3. The van der Waals surface area contributed by atoms with Crippen molar-refractivity contribution in [3.63, 3.8) is 0 Å². The van der Waals surface area contributed by atoms with Gasteiger partial charge in [0.1, 0.15) is 18.0 Å². The lowest BCUT2D eigenvalue weighted by molar-refractivity contribution is 0.468. The van der Waals surface area contributed by atoms with Gasteiger partial charge >= 0.3 is 0 Å². The molecule has 2 fully saturated rings. The van der Waals surface area contributed by atoms with Crippen LogP contribution in [-0.4, -0.2) is 12.1 Å².